The molecular weight excluding hydrogens is 264 g/mol. The monoisotopic (exact) mass is 282 g/mol. The molecule has 0 aliphatic rings. The fraction of sp³-hybridized carbons (Fsp3) is 0.538. The molecule has 7 heteroatoms. The number of nitrogens with zero attached hydrogens (tertiary/aromatic N) is 2. The molecule has 0 saturated carbocycles. The van der Waals surface area contributed by atoms with Gasteiger partial charge in [-0.1, -0.05) is 33.1 Å². The number of phenolic OH excluding ortho intramolecular Hbond substituents is 1. The maximum Gasteiger partial charge on any atom is 0.317 e. The summed E-state index contributed by atoms with van der Waals surface area (Å²) in [6, 6.07) is 2.01. The molecule has 20 heavy (non-hydrogen) atoms. The number of hydrogen-bond donors (Lipinski definition) is 1. The average molecular weight is 282 g/mol. The highest BCUT2D eigenvalue weighted by molar-refractivity contribution is 5.58. The summed E-state index contributed by atoms with van der Waals surface area (Å²) in [5.74, 6) is -0.634. The van der Waals surface area contributed by atoms with Crippen molar-refractivity contribution in [3.63, 3.8) is 0 Å². The lowest BCUT2D eigenvalue weighted by atomic mass is 9.93. The molecule has 0 radical (unpaired) electrons. The van der Waals surface area contributed by atoms with E-state index in [1.165, 1.54) is 6.07 Å². The standard InChI is InChI=1S/C13H18N2O5/c1-3-4-5-6-9(2)11-7-10(14(17)18)8-12(13(11)16)15(19)20/h7-9,16H,3-6H2,1-2H3/t9-/m1/s1. The Bertz CT molecular complexity index is 516. The van der Waals surface area contributed by atoms with E-state index in [-0.39, 0.29) is 17.2 Å². The second-order valence-corrected chi connectivity index (χ2v) is 4.81. The van der Waals surface area contributed by atoms with Crippen molar-refractivity contribution < 1.29 is 15.0 Å². The second kappa shape index (κ2) is 6.83. The molecular formula is C13H18N2O5. The molecule has 0 bridgehead atoms. The first-order valence-electron chi connectivity index (χ1n) is 6.54. The number of nitro groups is 2. The molecule has 1 atom stereocenters. The van der Waals surface area contributed by atoms with E-state index in [2.05, 4.69) is 6.92 Å². The molecule has 0 aliphatic carbocycles. The van der Waals surface area contributed by atoms with E-state index in [4.69, 9.17) is 0 Å². The molecule has 1 aromatic rings. The van der Waals surface area contributed by atoms with Gasteiger partial charge in [-0.15, -0.1) is 0 Å². The number of unbranched alkanes of at least 4 members (excludes halogenated alkanes) is 2. The van der Waals surface area contributed by atoms with E-state index >= 15 is 0 Å². The Balaban J connectivity index is 3.16. The Morgan fingerprint density at radius 1 is 1.20 bits per heavy atom. The Labute approximate surface area is 116 Å². The normalized spacial score (nSPS) is 12.1. The number of phenols is 1. The highest BCUT2D eigenvalue weighted by atomic mass is 16.6. The quantitative estimate of drug-likeness (QED) is 0.463. The van der Waals surface area contributed by atoms with Crippen molar-refractivity contribution in [1.82, 2.24) is 0 Å². The van der Waals surface area contributed by atoms with Gasteiger partial charge in [-0.3, -0.25) is 20.2 Å². The minimum Gasteiger partial charge on any atom is -0.502 e. The van der Waals surface area contributed by atoms with Crippen molar-refractivity contribution in [3.05, 3.63) is 37.9 Å². The van der Waals surface area contributed by atoms with Gasteiger partial charge in [0.2, 0.25) is 0 Å². The van der Waals surface area contributed by atoms with Crippen molar-refractivity contribution in [1.29, 1.82) is 0 Å². The molecule has 0 spiro atoms. The Kier molecular flexibility index (Phi) is 5.42. The van der Waals surface area contributed by atoms with Crippen molar-refractivity contribution in [2.24, 2.45) is 0 Å². The fourth-order valence-corrected chi connectivity index (χ4v) is 2.10. The van der Waals surface area contributed by atoms with Crippen LogP contribution >= 0.6 is 0 Å². The number of rotatable bonds is 7. The largest absolute Gasteiger partial charge is 0.502 e. The van der Waals surface area contributed by atoms with Gasteiger partial charge in [0.15, 0.2) is 5.75 Å². The second-order valence-electron chi connectivity index (χ2n) is 4.81. The third kappa shape index (κ3) is 3.66. The van der Waals surface area contributed by atoms with Crippen LogP contribution in [-0.4, -0.2) is 15.0 Å². The third-order valence-electron chi connectivity index (χ3n) is 3.28. The Morgan fingerprint density at radius 2 is 1.85 bits per heavy atom. The van der Waals surface area contributed by atoms with Crippen molar-refractivity contribution >= 4 is 11.4 Å². The summed E-state index contributed by atoms with van der Waals surface area (Å²) in [5.41, 5.74) is -0.717. The molecule has 1 N–H and O–H groups in total. The predicted octanol–water partition coefficient (Wildman–Crippen LogP) is 3.89. The van der Waals surface area contributed by atoms with E-state index in [9.17, 15) is 25.3 Å². The maximum absolute atomic E-state index is 10.9. The molecule has 0 fully saturated rings. The van der Waals surface area contributed by atoms with Gasteiger partial charge in [0, 0.05) is 11.6 Å². The molecule has 7 nitrogen and oxygen atoms in total. The van der Waals surface area contributed by atoms with Gasteiger partial charge in [0.25, 0.3) is 5.69 Å². The van der Waals surface area contributed by atoms with E-state index < -0.39 is 21.3 Å². The van der Waals surface area contributed by atoms with E-state index in [1.54, 1.807) is 6.92 Å². The summed E-state index contributed by atoms with van der Waals surface area (Å²) in [6.45, 7) is 3.86. The van der Waals surface area contributed by atoms with Crippen LogP contribution in [0.25, 0.3) is 0 Å². The molecule has 1 rings (SSSR count). The number of aromatic hydroxyl groups is 1. The summed E-state index contributed by atoms with van der Waals surface area (Å²) < 4.78 is 0. The SMILES string of the molecule is CCCCC[C@@H](C)c1cc([N+](=O)[O-])cc([N+](=O)[O-])c1O. The Morgan fingerprint density at radius 3 is 2.35 bits per heavy atom. The zero-order valence-corrected chi connectivity index (χ0v) is 11.5. The summed E-state index contributed by atoms with van der Waals surface area (Å²) in [6.07, 6.45) is 3.68. The summed E-state index contributed by atoms with van der Waals surface area (Å²) >= 11 is 0. The zero-order valence-electron chi connectivity index (χ0n) is 11.5. The van der Waals surface area contributed by atoms with Gasteiger partial charge in [-0.05, 0) is 12.3 Å². The van der Waals surface area contributed by atoms with Crippen molar-refractivity contribution in [2.75, 3.05) is 0 Å². The van der Waals surface area contributed by atoms with Gasteiger partial charge < -0.3 is 5.11 Å². The summed E-state index contributed by atoms with van der Waals surface area (Å²) in [4.78, 5) is 20.2. The van der Waals surface area contributed by atoms with Crippen LogP contribution in [-0.2, 0) is 0 Å². The molecule has 0 aliphatic heterocycles. The zero-order chi connectivity index (χ0) is 15.3. The molecule has 1 aromatic carbocycles. The lowest BCUT2D eigenvalue weighted by Gasteiger charge is -2.13. The lowest BCUT2D eigenvalue weighted by molar-refractivity contribution is -0.394. The highest BCUT2D eigenvalue weighted by Crippen LogP contribution is 2.39. The topological polar surface area (TPSA) is 107 Å². The molecule has 110 valence electrons. The number of hydrogen-bond acceptors (Lipinski definition) is 5. The van der Waals surface area contributed by atoms with Gasteiger partial charge in [0.05, 0.1) is 15.9 Å². The van der Waals surface area contributed by atoms with Gasteiger partial charge in [-0.25, -0.2) is 0 Å². The van der Waals surface area contributed by atoms with Crippen LogP contribution in [0, 0.1) is 20.2 Å². The van der Waals surface area contributed by atoms with E-state index in [0.29, 0.717) is 0 Å². The van der Waals surface area contributed by atoms with Crippen LogP contribution < -0.4 is 0 Å². The highest BCUT2D eigenvalue weighted by Gasteiger charge is 2.25. The molecule has 0 aromatic heterocycles. The van der Waals surface area contributed by atoms with E-state index in [1.807, 2.05) is 0 Å². The Hall–Kier alpha value is -2.18. The maximum atomic E-state index is 10.9. The van der Waals surface area contributed by atoms with Crippen molar-refractivity contribution in [3.8, 4) is 5.75 Å². The van der Waals surface area contributed by atoms with Crippen LogP contribution in [0.5, 0.6) is 5.75 Å². The smallest absolute Gasteiger partial charge is 0.317 e. The summed E-state index contributed by atoms with van der Waals surface area (Å²) in [7, 11) is 0. The lowest BCUT2D eigenvalue weighted by Crippen LogP contribution is -2.00. The number of benzene rings is 1. The van der Waals surface area contributed by atoms with Crippen LogP contribution in [0.2, 0.25) is 0 Å². The molecule has 0 amide bonds. The fourth-order valence-electron chi connectivity index (χ4n) is 2.10. The van der Waals surface area contributed by atoms with Gasteiger partial charge in [-0.2, -0.15) is 0 Å². The molecule has 0 heterocycles. The summed E-state index contributed by atoms with van der Waals surface area (Å²) in [5, 5.41) is 31.6. The van der Waals surface area contributed by atoms with Crippen LogP contribution in [0.3, 0.4) is 0 Å². The number of non-ortho nitro benzene ring substituents is 1. The van der Waals surface area contributed by atoms with Gasteiger partial charge >= 0.3 is 5.69 Å². The predicted molar refractivity (Wildman–Crippen MR) is 74.0 cm³/mol. The van der Waals surface area contributed by atoms with Crippen molar-refractivity contribution in [2.45, 2.75) is 45.4 Å². The molecule has 0 unspecified atom stereocenters. The first-order chi connectivity index (χ1) is 9.38. The van der Waals surface area contributed by atoms with E-state index in [0.717, 1.165) is 31.7 Å². The first-order valence-corrected chi connectivity index (χ1v) is 6.54. The van der Waals surface area contributed by atoms with Crippen LogP contribution in [0.4, 0.5) is 11.4 Å². The molecule has 0 saturated heterocycles. The number of nitro benzene ring substituents is 2. The minimum absolute atomic E-state index is 0.167. The van der Waals surface area contributed by atoms with Crippen LogP contribution in [0.15, 0.2) is 12.1 Å². The van der Waals surface area contributed by atoms with Crippen LogP contribution in [0.1, 0.15) is 51.0 Å². The minimum atomic E-state index is -0.801. The third-order valence-corrected chi connectivity index (χ3v) is 3.28. The van der Waals surface area contributed by atoms with Gasteiger partial charge in [0.1, 0.15) is 0 Å². The average Bonchev–Trinajstić information content (AvgIpc) is 2.38. The first kappa shape index (κ1) is 15.9.